The number of nitrogens with zero attached hydrogens (tertiary/aromatic N) is 1. The van der Waals surface area contributed by atoms with Crippen molar-refractivity contribution in [1.29, 1.82) is 0 Å². The normalized spacial score (nSPS) is 17.3. The van der Waals surface area contributed by atoms with Gasteiger partial charge in [0.25, 0.3) is 0 Å². The summed E-state index contributed by atoms with van der Waals surface area (Å²) in [7, 11) is 1.91. The zero-order chi connectivity index (χ0) is 12.5. The summed E-state index contributed by atoms with van der Waals surface area (Å²) >= 11 is 0. The van der Waals surface area contributed by atoms with Crippen LogP contribution in [0.15, 0.2) is 24.3 Å². The zero-order valence-electron chi connectivity index (χ0n) is 10.1. The Morgan fingerprint density at radius 3 is 2.41 bits per heavy atom. The summed E-state index contributed by atoms with van der Waals surface area (Å²) in [6.07, 6.45) is 0. The van der Waals surface area contributed by atoms with Crippen molar-refractivity contribution >= 4 is 11.7 Å². The van der Waals surface area contributed by atoms with Gasteiger partial charge in [0.15, 0.2) is 0 Å². The van der Waals surface area contributed by atoms with Gasteiger partial charge in [-0.3, -0.25) is 4.79 Å². The van der Waals surface area contributed by atoms with Crippen LogP contribution in [-0.2, 0) is 9.53 Å². The molecule has 0 amide bonds. The van der Waals surface area contributed by atoms with Crippen molar-refractivity contribution in [1.82, 2.24) is 0 Å². The highest BCUT2D eigenvalue weighted by atomic mass is 16.5. The first kappa shape index (κ1) is 11.9. The Morgan fingerprint density at radius 1 is 1.41 bits per heavy atom. The second kappa shape index (κ2) is 4.37. The van der Waals surface area contributed by atoms with Crippen LogP contribution in [0.1, 0.15) is 5.56 Å². The van der Waals surface area contributed by atoms with Gasteiger partial charge in [-0.2, -0.15) is 0 Å². The molecule has 0 bridgehead atoms. The van der Waals surface area contributed by atoms with Crippen LogP contribution >= 0.6 is 0 Å². The first-order valence-corrected chi connectivity index (χ1v) is 5.62. The van der Waals surface area contributed by atoms with E-state index in [0.29, 0.717) is 19.8 Å². The summed E-state index contributed by atoms with van der Waals surface area (Å²) in [5.74, 6) is -0.775. The fourth-order valence-corrected chi connectivity index (χ4v) is 1.98. The number of benzene rings is 1. The molecule has 1 saturated heterocycles. The van der Waals surface area contributed by atoms with E-state index in [1.54, 1.807) is 0 Å². The molecule has 0 saturated carbocycles. The third-order valence-corrected chi connectivity index (χ3v) is 3.22. The van der Waals surface area contributed by atoms with Gasteiger partial charge < -0.3 is 14.7 Å². The average Bonchev–Trinajstić information content (AvgIpc) is 2.23. The number of hydrogen-bond acceptors (Lipinski definition) is 3. The van der Waals surface area contributed by atoms with Gasteiger partial charge in [0.05, 0.1) is 13.2 Å². The Kier molecular flexibility index (Phi) is 3.07. The monoisotopic (exact) mass is 235 g/mol. The van der Waals surface area contributed by atoms with E-state index in [0.717, 1.165) is 5.69 Å². The van der Waals surface area contributed by atoms with Crippen molar-refractivity contribution in [3.63, 3.8) is 0 Å². The fourth-order valence-electron chi connectivity index (χ4n) is 1.98. The summed E-state index contributed by atoms with van der Waals surface area (Å²) < 4.78 is 5.05. The minimum absolute atomic E-state index is 0.304. The van der Waals surface area contributed by atoms with Gasteiger partial charge in [-0.15, -0.1) is 0 Å². The molecular weight excluding hydrogens is 218 g/mol. The molecule has 17 heavy (non-hydrogen) atoms. The van der Waals surface area contributed by atoms with E-state index >= 15 is 0 Å². The van der Waals surface area contributed by atoms with Crippen LogP contribution in [0.25, 0.3) is 0 Å². The lowest BCUT2D eigenvalue weighted by Gasteiger charge is -2.40. The largest absolute Gasteiger partial charge is 0.481 e. The highest BCUT2D eigenvalue weighted by Gasteiger charge is 2.47. The second-order valence-corrected chi connectivity index (χ2v) is 4.77. The lowest BCUT2D eigenvalue weighted by Crippen LogP contribution is -2.55. The van der Waals surface area contributed by atoms with Crippen molar-refractivity contribution in [2.75, 3.05) is 31.7 Å². The summed E-state index contributed by atoms with van der Waals surface area (Å²) in [6, 6.07) is 8.06. The van der Waals surface area contributed by atoms with Gasteiger partial charge in [-0.05, 0) is 19.1 Å². The summed E-state index contributed by atoms with van der Waals surface area (Å²) in [5, 5.41) is 9.22. The summed E-state index contributed by atoms with van der Waals surface area (Å²) in [5.41, 5.74) is 1.49. The number of carboxylic acids is 1. The average molecular weight is 235 g/mol. The molecule has 0 radical (unpaired) electrons. The van der Waals surface area contributed by atoms with Crippen LogP contribution in [0, 0.1) is 12.3 Å². The molecule has 1 aliphatic rings. The number of anilines is 1. The van der Waals surface area contributed by atoms with Crippen molar-refractivity contribution in [2.24, 2.45) is 5.41 Å². The number of ether oxygens (including phenoxy) is 1. The maximum absolute atomic E-state index is 11.2. The SMILES string of the molecule is Cc1ccc(N(C)CC2(C(=O)O)COC2)cc1. The third-order valence-electron chi connectivity index (χ3n) is 3.22. The Morgan fingerprint density at radius 2 is 2.00 bits per heavy atom. The number of carbonyl (C=O) groups is 1. The van der Waals surface area contributed by atoms with Gasteiger partial charge in [0.1, 0.15) is 5.41 Å². The highest BCUT2D eigenvalue weighted by Crippen LogP contribution is 2.30. The minimum Gasteiger partial charge on any atom is -0.481 e. The van der Waals surface area contributed by atoms with Gasteiger partial charge in [-0.1, -0.05) is 17.7 Å². The molecule has 1 aromatic rings. The molecule has 1 heterocycles. The molecule has 0 spiro atoms. The maximum Gasteiger partial charge on any atom is 0.316 e. The van der Waals surface area contributed by atoms with E-state index in [4.69, 9.17) is 4.74 Å². The Labute approximate surface area is 101 Å². The van der Waals surface area contributed by atoms with Gasteiger partial charge in [0, 0.05) is 19.3 Å². The number of aliphatic carboxylic acids is 1. The lowest BCUT2D eigenvalue weighted by molar-refractivity contribution is -0.177. The summed E-state index contributed by atoms with van der Waals surface area (Å²) in [4.78, 5) is 13.2. The van der Waals surface area contributed by atoms with Crippen LogP contribution in [0.2, 0.25) is 0 Å². The van der Waals surface area contributed by atoms with Crippen LogP contribution in [0.5, 0.6) is 0 Å². The molecule has 1 fully saturated rings. The molecule has 4 heteroatoms. The topological polar surface area (TPSA) is 49.8 Å². The number of carboxylic acid groups (broad SMARTS) is 1. The van der Waals surface area contributed by atoms with E-state index in [9.17, 15) is 9.90 Å². The van der Waals surface area contributed by atoms with Crippen molar-refractivity contribution in [2.45, 2.75) is 6.92 Å². The highest BCUT2D eigenvalue weighted by molar-refractivity contribution is 5.77. The molecule has 0 unspecified atom stereocenters. The predicted octanol–water partition coefficient (Wildman–Crippen LogP) is 1.53. The molecule has 2 rings (SSSR count). The predicted molar refractivity (Wildman–Crippen MR) is 65.3 cm³/mol. The minimum atomic E-state index is -0.775. The second-order valence-electron chi connectivity index (χ2n) is 4.77. The van der Waals surface area contributed by atoms with Crippen LogP contribution in [-0.4, -0.2) is 37.9 Å². The molecule has 1 aliphatic heterocycles. The van der Waals surface area contributed by atoms with Crippen LogP contribution < -0.4 is 4.90 Å². The van der Waals surface area contributed by atoms with Gasteiger partial charge >= 0.3 is 5.97 Å². The molecule has 4 nitrogen and oxygen atoms in total. The Bertz CT molecular complexity index is 409. The molecule has 1 aromatic carbocycles. The molecule has 0 aromatic heterocycles. The van der Waals surface area contributed by atoms with Gasteiger partial charge in [0.2, 0.25) is 0 Å². The molecule has 0 atom stereocenters. The molecule has 92 valence electrons. The van der Waals surface area contributed by atoms with Crippen LogP contribution in [0.3, 0.4) is 0 Å². The van der Waals surface area contributed by atoms with E-state index in [2.05, 4.69) is 0 Å². The van der Waals surface area contributed by atoms with E-state index in [-0.39, 0.29) is 0 Å². The van der Waals surface area contributed by atoms with Crippen molar-refractivity contribution in [3.8, 4) is 0 Å². The fraction of sp³-hybridized carbons (Fsp3) is 0.462. The number of aryl methyl sites for hydroxylation is 1. The Balaban J connectivity index is 2.08. The maximum atomic E-state index is 11.2. The number of rotatable bonds is 4. The molecular formula is C13H17NO3. The van der Waals surface area contributed by atoms with Crippen LogP contribution in [0.4, 0.5) is 5.69 Å². The quantitative estimate of drug-likeness (QED) is 0.860. The van der Waals surface area contributed by atoms with Crippen molar-refractivity contribution < 1.29 is 14.6 Å². The standard InChI is InChI=1S/C13H17NO3/c1-10-3-5-11(6-4-10)14(2)7-13(12(15)16)8-17-9-13/h3-6H,7-9H2,1-2H3,(H,15,16). The smallest absolute Gasteiger partial charge is 0.316 e. The number of hydrogen-bond donors (Lipinski definition) is 1. The molecule has 1 N–H and O–H groups in total. The first-order valence-electron chi connectivity index (χ1n) is 5.62. The van der Waals surface area contributed by atoms with E-state index in [1.807, 2.05) is 43.1 Å². The third kappa shape index (κ3) is 2.26. The Hall–Kier alpha value is -1.55. The van der Waals surface area contributed by atoms with E-state index in [1.165, 1.54) is 5.56 Å². The first-order chi connectivity index (χ1) is 8.03. The van der Waals surface area contributed by atoms with Crippen molar-refractivity contribution in [3.05, 3.63) is 29.8 Å². The van der Waals surface area contributed by atoms with Gasteiger partial charge in [-0.25, -0.2) is 0 Å². The zero-order valence-corrected chi connectivity index (χ0v) is 10.1. The van der Waals surface area contributed by atoms with E-state index < -0.39 is 11.4 Å². The summed E-state index contributed by atoms with van der Waals surface area (Å²) in [6.45, 7) is 3.12. The molecule has 0 aliphatic carbocycles. The lowest BCUT2D eigenvalue weighted by atomic mass is 9.85.